The topological polar surface area (TPSA) is 66.7 Å². The first kappa shape index (κ1) is 18.8. The van der Waals surface area contributed by atoms with Crippen molar-refractivity contribution < 1.29 is 9.72 Å². The molecule has 1 heterocycles. The largest absolute Gasteiger partial charge is 0.337 e. The number of nitrogens with zero attached hydrogens (tertiary/aromatic N) is 3. The van der Waals surface area contributed by atoms with E-state index < -0.39 is 0 Å². The molecule has 0 N–H and O–H groups in total. The van der Waals surface area contributed by atoms with Gasteiger partial charge >= 0.3 is 0 Å². The van der Waals surface area contributed by atoms with Crippen LogP contribution in [-0.2, 0) is 11.3 Å². The minimum absolute atomic E-state index is 0.0190. The summed E-state index contributed by atoms with van der Waals surface area (Å²) in [6, 6.07) is 14.8. The second-order valence-corrected chi connectivity index (χ2v) is 6.77. The van der Waals surface area contributed by atoms with E-state index in [4.69, 9.17) is 0 Å². The van der Waals surface area contributed by atoms with Crippen LogP contribution in [0.4, 0.5) is 5.69 Å². The molecule has 0 spiro atoms. The van der Waals surface area contributed by atoms with Crippen molar-refractivity contribution >= 4 is 17.7 Å². The molecule has 0 saturated carbocycles. The van der Waals surface area contributed by atoms with Crippen molar-refractivity contribution in [3.05, 3.63) is 81.4 Å². The fraction of sp³-hybridized carbons (Fsp3) is 0.286. The van der Waals surface area contributed by atoms with E-state index in [-0.39, 0.29) is 16.5 Å². The van der Waals surface area contributed by atoms with Crippen molar-refractivity contribution in [2.45, 2.75) is 13.5 Å². The Balaban J connectivity index is 1.51. The summed E-state index contributed by atoms with van der Waals surface area (Å²) in [5.41, 5.74) is 3.24. The highest BCUT2D eigenvalue weighted by atomic mass is 16.6. The number of piperazine rings is 1. The lowest BCUT2D eigenvalue weighted by atomic mass is 10.1. The van der Waals surface area contributed by atoms with Gasteiger partial charge in [0.1, 0.15) is 0 Å². The molecule has 0 radical (unpaired) electrons. The highest BCUT2D eigenvalue weighted by Gasteiger charge is 2.20. The molecule has 27 heavy (non-hydrogen) atoms. The van der Waals surface area contributed by atoms with Crippen LogP contribution in [0.3, 0.4) is 0 Å². The van der Waals surface area contributed by atoms with E-state index in [1.54, 1.807) is 18.2 Å². The summed E-state index contributed by atoms with van der Waals surface area (Å²) in [6.45, 7) is 5.52. The molecule has 1 amide bonds. The molecule has 1 aliphatic rings. The molecule has 6 heteroatoms. The van der Waals surface area contributed by atoms with E-state index in [2.05, 4.69) is 4.90 Å². The standard InChI is InChI=1S/C21H23N3O3/c1-17-5-7-18(8-6-17)9-10-21(25)23-13-11-22(12-14-23)16-19-3-2-4-20(15-19)24(26)27/h2-10,15H,11-14,16H2,1H3/b10-9+. The summed E-state index contributed by atoms with van der Waals surface area (Å²) in [4.78, 5) is 26.9. The van der Waals surface area contributed by atoms with Crippen LogP contribution in [0.2, 0.25) is 0 Å². The van der Waals surface area contributed by atoms with Crippen LogP contribution in [0.1, 0.15) is 16.7 Å². The number of hydrogen-bond donors (Lipinski definition) is 0. The Kier molecular flexibility index (Phi) is 5.98. The molecule has 2 aromatic carbocycles. The maximum absolute atomic E-state index is 12.4. The fourth-order valence-electron chi connectivity index (χ4n) is 3.10. The number of nitro groups is 1. The number of amides is 1. The first-order valence-corrected chi connectivity index (χ1v) is 9.00. The van der Waals surface area contributed by atoms with Gasteiger partial charge in [0.15, 0.2) is 0 Å². The Morgan fingerprint density at radius 1 is 1.11 bits per heavy atom. The van der Waals surface area contributed by atoms with E-state index in [1.807, 2.05) is 48.2 Å². The van der Waals surface area contributed by atoms with Crippen LogP contribution >= 0.6 is 0 Å². The van der Waals surface area contributed by atoms with Crippen molar-refractivity contribution in [3.63, 3.8) is 0 Å². The Hall–Kier alpha value is -2.99. The molecule has 2 aromatic rings. The third kappa shape index (κ3) is 5.24. The fourth-order valence-corrected chi connectivity index (χ4v) is 3.10. The maximum atomic E-state index is 12.4. The minimum Gasteiger partial charge on any atom is -0.337 e. The lowest BCUT2D eigenvalue weighted by Gasteiger charge is -2.34. The number of carbonyl (C=O) groups is 1. The predicted molar refractivity (Wildman–Crippen MR) is 105 cm³/mol. The molecule has 0 atom stereocenters. The first-order valence-electron chi connectivity index (χ1n) is 9.00. The average molecular weight is 365 g/mol. The third-order valence-electron chi connectivity index (χ3n) is 4.71. The highest BCUT2D eigenvalue weighted by molar-refractivity contribution is 5.91. The second-order valence-electron chi connectivity index (χ2n) is 6.77. The van der Waals surface area contributed by atoms with Crippen LogP contribution in [-0.4, -0.2) is 46.8 Å². The number of carbonyl (C=O) groups excluding carboxylic acids is 1. The van der Waals surface area contributed by atoms with E-state index in [9.17, 15) is 14.9 Å². The molecule has 0 aliphatic carbocycles. The summed E-state index contributed by atoms with van der Waals surface area (Å²) in [5, 5.41) is 10.9. The second kappa shape index (κ2) is 8.60. The van der Waals surface area contributed by atoms with Gasteiger partial charge < -0.3 is 4.90 Å². The van der Waals surface area contributed by atoms with Crippen LogP contribution in [0.5, 0.6) is 0 Å². The molecule has 1 aliphatic heterocycles. The Labute approximate surface area is 158 Å². The smallest absolute Gasteiger partial charge is 0.269 e. The van der Waals surface area contributed by atoms with E-state index >= 15 is 0 Å². The van der Waals surface area contributed by atoms with Gasteiger partial charge in [-0.15, -0.1) is 0 Å². The van der Waals surface area contributed by atoms with Crippen molar-refractivity contribution in [2.24, 2.45) is 0 Å². The van der Waals surface area contributed by atoms with Gasteiger partial charge in [-0.1, -0.05) is 42.0 Å². The number of benzene rings is 2. The van der Waals surface area contributed by atoms with E-state index in [0.717, 1.165) is 24.2 Å². The predicted octanol–water partition coefficient (Wildman–Crippen LogP) is 3.26. The number of aryl methyl sites for hydroxylation is 1. The van der Waals surface area contributed by atoms with Crippen LogP contribution in [0.15, 0.2) is 54.6 Å². The monoisotopic (exact) mass is 365 g/mol. The molecular formula is C21H23N3O3. The molecule has 1 fully saturated rings. The van der Waals surface area contributed by atoms with Crippen LogP contribution < -0.4 is 0 Å². The summed E-state index contributed by atoms with van der Waals surface area (Å²) < 4.78 is 0. The third-order valence-corrected chi connectivity index (χ3v) is 4.71. The van der Waals surface area contributed by atoms with Gasteiger partial charge in [-0.05, 0) is 24.1 Å². The lowest BCUT2D eigenvalue weighted by Crippen LogP contribution is -2.47. The first-order chi connectivity index (χ1) is 13.0. The minimum atomic E-state index is -0.375. The van der Waals surface area contributed by atoms with Crippen molar-refractivity contribution in [2.75, 3.05) is 26.2 Å². The van der Waals surface area contributed by atoms with Gasteiger partial charge in [-0.3, -0.25) is 19.8 Å². The van der Waals surface area contributed by atoms with Gasteiger partial charge in [0.25, 0.3) is 5.69 Å². The van der Waals surface area contributed by atoms with Crippen molar-refractivity contribution in [1.29, 1.82) is 0 Å². The Morgan fingerprint density at radius 2 is 1.81 bits per heavy atom. The molecule has 140 valence electrons. The van der Waals surface area contributed by atoms with E-state index in [1.165, 1.54) is 11.6 Å². The quantitative estimate of drug-likeness (QED) is 0.463. The van der Waals surface area contributed by atoms with Gasteiger partial charge in [-0.2, -0.15) is 0 Å². The SMILES string of the molecule is Cc1ccc(/C=C/C(=O)N2CCN(Cc3cccc([N+](=O)[O-])c3)CC2)cc1. The average Bonchev–Trinajstić information content (AvgIpc) is 2.68. The van der Waals surface area contributed by atoms with E-state index in [0.29, 0.717) is 19.6 Å². The zero-order valence-electron chi connectivity index (χ0n) is 15.4. The molecule has 0 unspecified atom stereocenters. The van der Waals surface area contributed by atoms with Crippen LogP contribution in [0.25, 0.3) is 6.08 Å². The number of rotatable bonds is 5. The lowest BCUT2D eigenvalue weighted by molar-refractivity contribution is -0.384. The summed E-state index contributed by atoms with van der Waals surface area (Å²) >= 11 is 0. The zero-order valence-corrected chi connectivity index (χ0v) is 15.4. The number of non-ortho nitro benzene ring substituents is 1. The van der Waals surface area contributed by atoms with Gasteiger partial charge in [-0.25, -0.2) is 0 Å². The van der Waals surface area contributed by atoms with Crippen LogP contribution in [0, 0.1) is 17.0 Å². The Bertz CT molecular complexity index is 838. The Morgan fingerprint density at radius 3 is 2.48 bits per heavy atom. The van der Waals surface area contributed by atoms with Crippen molar-refractivity contribution in [1.82, 2.24) is 9.80 Å². The van der Waals surface area contributed by atoms with Crippen molar-refractivity contribution in [3.8, 4) is 0 Å². The number of hydrogen-bond acceptors (Lipinski definition) is 4. The molecule has 3 rings (SSSR count). The van der Waals surface area contributed by atoms with Gasteiger partial charge in [0.2, 0.25) is 5.91 Å². The molecule has 0 aromatic heterocycles. The van der Waals surface area contributed by atoms with Gasteiger partial charge in [0.05, 0.1) is 4.92 Å². The molecule has 6 nitrogen and oxygen atoms in total. The normalized spacial score (nSPS) is 15.2. The maximum Gasteiger partial charge on any atom is 0.269 e. The molecular weight excluding hydrogens is 342 g/mol. The molecule has 1 saturated heterocycles. The summed E-state index contributed by atoms with van der Waals surface area (Å²) in [7, 11) is 0. The highest BCUT2D eigenvalue weighted by Crippen LogP contribution is 2.16. The summed E-state index contributed by atoms with van der Waals surface area (Å²) in [5.74, 6) is 0.0190. The van der Waals surface area contributed by atoms with Gasteiger partial charge in [0, 0.05) is 50.9 Å². The summed E-state index contributed by atoms with van der Waals surface area (Å²) in [6.07, 6.45) is 3.47. The zero-order chi connectivity index (χ0) is 19.2. The molecule has 0 bridgehead atoms. The number of nitro benzene ring substituents is 1.